The summed E-state index contributed by atoms with van der Waals surface area (Å²) in [5.74, 6) is 0.319. The summed E-state index contributed by atoms with van der Waals surface area (Å²) in [5, 5.41) is 9.83. The summed E-state index contributed by atoms with van der Waals surface area (Å²) in [4.78, 5) is 32.8. The Morgan fingerprint density at radius 2 is 2.04 bits per heavy atom. The van der Waals surface area contributed by atoms with Gasteiger partial charge in [0.25, 0.3) is 17.2 Å². The lowest BCUT2D eigenvalue weighted by Gasteiger charge is -2.03. The van der Waals surface area contributed by atoms with E-state index in [4.69, 9.17) is 0 Å². The summed E-state index contributed by atoms with van der Waals surface area (Å²) in [7, 11) is 0. The zero-order valence-electron chi connectivity index (χ0n) is 14.6. The molecule has 27 heavy (non-hydrogen) atoms. The van der Waals surface area contributed by atoms with Crippen LogP contribution in [0.4, 0.5) is 0 Å². The minimum absolute atomic E-state index is 0.0314. The van der Waals surface area contributed by atoms with Crippen LogP contribution in [0.5, 0.6) is 0 Å². The van der Waals surface area contributed by atoms with Crippen LogP contribution >= 0.6 is 0 Å². The molecule has 4 aromatic rings. The van der Waals surface area contributed by atoms with Gasteiger partial charge in [0.1, 0.15) is 11.4 Å². The Bertz CT molecular complexity index is 1160. The molecule has 0 atom stereocenters. The van der Waals surface area contributed by atoms with Crippen LogP contribution in [-0.2, 0) is 6.42 Å². The van der Waals surface area contributed by atoms with Gasteiger partial charge in [-0.3, -0.25) is 14.7 Å². The van der Waals surface area contributed by atoms with E-state index >= 15 is 0 Å². The topological polar surface area (TPSA) is 110 Å². The molecule has 3 heterocycles. The Labute approximate surface area is 153 Å². The predicted molar refractivity (Wildman–Crippen MR) is 97.9 cm³/mol. The maximum absolute atomic E-state index is 12.4. The second kappa shape index (κ2) is 6.87. The van der Waals surface area contributed by atoms with Gasteiger partial charge in [0.15, 0.2) is 0 Å². The molecule has 0 saturated carbocycles. The van der Waals surface area contributed by atoms with Gasteiger partial charge in [-0.1, -0.05) is 18.2 Å². The van der Waals surface area contributed by atoms with Crippen molar-refractivity contribution in [2.75, 3.05) is 6.54 Å². The fourth-order valence-corrected chi connectivity index (χ4v) is 2.75. The van der Waals surface area contributed by atoms with Crippen molar-refractivity contribution in [3.8, 4) is 5.69 Å². The van der Waals surface area contributed by atoms with Crippen molar-refractivity contribution in [2.45, 2.75) is 13.3 Å². The molecule has 3 aromatic heterocycles. The molecular formula is C18H17N7O2. The third kappa shape index (κ3) is 3.34. The maximum Gasteiger partial charge on any atom is 0.286 e. The molecule has 0 spiro atoms. The third-order valence-corrected chi connectivity index (χ3v) is 4.08. The molecule has 0 bridgehead atoms. The SMILES string of the molecule is Cc1nc2ncc(C(=O)NCCc3cnn(-c4ccccc4)c3)c(=O)n2[nH]1. The van der Waals surface area contributed by atoms with Crippen LogP contribution in [0, 0.1) is 6.92 Å². The number of aryl methyl sites for hydroxylation is 1. The van der Waals surface area contributed by atoms with Gasteiger partial charge in [-0.2, -0.15) is 14.6 Å². The smallest absolute Gasteiger partial charge is 0.286 e. The first-order chi connectivity index (χ1) is 13.1. The number of amides is 1. The van der Waals surface area contributed by atoms with Crippen LogP contribution in [0.3, 0.4) is 0 Å². The van der Waals surface area contributed by atoms with Gasteiger partial charge in [0.05, 0.1) is 11.9 Å². The summed E-state index contributed by atoms with van der Waals surface area (Å²) in [6.45, 7) is 2.09. The number of rotatable bonds is 5. The molecule has 0 aliphatic rings. The summed E-state index contributed by atoms with van der Waals surface area (Å²) in [6.07, 6.45) is 5.52. The first-order valence-corrected chi connectivity index (χ1v) is 8.43. The molecule has 9 nitrogen and oxygen atoms in total. The van der Waals surface area contributed by atoms with E-state index in [1.807, 2.05) is 36.5 Å². The molecule has 0 fully saturated rings. The Kier molecular flexibility index (Phi) is 4.25. The number of nitrogens with one attached hydrogen (secondary N) is 2. The summed E-state index contributed by atoms with van der Waals surface area (Å²) in [5.41, 5.74) is 1.44. The quantitative estimate of drug-likeness (QED) is 0.547. The van der Waals surface area contributed by atoms with Crippen molar-refractivity contribution in [1.29, 1.82) is 0 Å². The van der Waals surface area contributed by atoms with Gasteiger partial charge in [-0.05, 0) is 31.0 Å². The van der Waals surface area contributed by atoms with Crippen molar-refractivity contribution in [1.82, 2.24) is 34.7 Å². The van der Waals surface area contributed by atoms with E-state index in [0.717, 1.165) is 15.8 Å². The summed E-state index contributed by atoms with van der Waals surface area (Å²) < 4.78 is 2.94. The lowest BCUT2D eigenvalue weighted by atomic mass is 10.2. The van der Waals surface area contributed by atoms with Crippen molar-refractivity contribution in [3.05, 3.63) is 76.2 Å². The average Bonchev–Trinajstić information content (AvgIpc) is 3.29. The molecule has 0 saturated heterocycles. The molecule has 0 unspecified atom stereocenters. The van der Waals surface area contributed by atoms with Crippen LogP contribution in [0.15, 0.2) is 53.7 Å². The molecule has 0 aliphatic heterocycles. The highest BCUT2D eigenvalue weighted by atomic mass is 16.2. The number of carbonyl (C=O) groups excluding carboxylic acids is 1. The first kappa shape index (κ1) is 16.7. The molecule has 0 aliphatic carbocycles. The largest absolute Gasteiger partial charge is 0.351 e. The predicted octanol–water partition coefficient (Wildman–Crippen LogP) is 0.884. The maximum atomic E-state index is 12.4. The molecule has 1 amide bonds. The number of aromatic nitrogens is 6. The average molecular weight is 363 g/mol. The molecule has 9 heteroatoms. The molecular weight excluding hydrogens is 346 g/mol. The van der Waals surface area contributed by atoms with Crippen molar-refractivity contribution >= 4 is 11.7 Å². The number of hydrogen-bond acceptors (Lipinski definition) is 5. The Hall–Kier alpha value is -3.75. The lowest BCUT2D eigenvalue weighted by Crippen LogP contribution is -2.32. The minimum atomic E-state index is -0.477. The van der Waals surface area contributed by atoms with Gasteiger partial charge in [-0.25, -0.2) is 9.67 Å². The standard InChI is InChI=1S/C18H17N7O2/c1-12-22-18-20-10-15(17(27)25(18)23-12)16(26)19-8-7-13-9-21-24(11-13)14-5-3-2-4-6-14/h2-6,9-11H,7-8H2,1H3,(H,19,26)(H,20,22,23). The van der Waals surface area contributed by atoms with E-state index in [-0.39, 0.29) is 11.3 Å². The van der Waals surface area contributed by atoms with Crippen molar-refractivity contribution < 1.29 is 4.79 Å². The number of benzene rings is 1. The second-order valence-electron chi connectivity index (χ2n) is 6.06. The highest BCUT2D eigenvalue weighted by molar-refractivity contribution is 5.93. The van der Waals surface area contributed by atoms with E-state index < -0.39 is 11.5 Å². The monoisotopic (exact) mass is 363 g/mol. The molecule has 0 radical (unpaired) electrons. The van der Waals surface area contributed by atoms with E-state index in [1.54, 1.807) is 17.8 Å². The molecule has 1 aromatic carbocycles. The van der Waals surface area contributed by atoms with Gasteiger partial charge in [-0.15, -0.1) is 0 Å². The molecule has 2 N–H and O–H groups in total. The zero-order valence-corrected chi connectivity index (χ0v) is 14.6. The normalized spacial score (nSPS) is 11.0. The summed E-state index contributed by atoms with van der Waals surface area (Å²) >= 11 is 0. The number of para-hydroxylation sites is 1. The first-order valence-electron chi connectivity index (χ1n) is 8.43. The van der Waals surface area contributed by atoms with E-state index in [2.05, 4.69) is 25.5 Å². The zero-order chi connectivity index (χ0) is 18.8. The number of H-pyrrole nitrogens is 1. The van der Waals surface area contributed by atoms with Crippen LogP contribution in [0.2, 0.25) is 0 Å². The van der Waals surface area contributed by atoms with Gasteiger partial charge in [0.2, 0.25) is 0 Å². The summed E-state index contributed by atoms with van der Waals surface area (Å²) in [6, 6.07) is 9.77. The Morgan fingerprint density at radius 1 is 1.22 bits per heavy atom. The third-order valence-electron chi connectivity index (χ3n) is 4.08. The van der Waals surface area contributed by atoms with Crippen LogP contribution < -0.4 is 10.9 Å². The number of hydrogen-bond donors (Lipinski definition) is 2. The van der Waals surface area contributed by atoms with Crippen molar-refractivity contribution in [2.24, 2.45) is 0 Å². The van der Waals surface area contributed by atoms with Crippen LogP contribution in [-0.4, -0.2) is 41.8 Å². The number of nitrogens with zero attached hydrogens (tertiary/aromatic N) is 5. The number of fused-ring (bicyclic) bond motifs is 1. The molecule has 136 valence electrons. The van der Waals surface area contributed by atoms with Crippen LogP contribution in [0.1, 0.15) is 21.7 Å². The van der Waals surface area contributed by atoms with Gasteiger partial charge in [0, 0.05) is 18.9 Å². The Morgan fingerprint density at radius 3 is 2.85 bits per heavy atom. The van der Waals surface area contributed by atoms with Crippen molar-refractivity contribution in [3.63, 3.8) is 0 Å². The fraction of sp³-hybridized carbons (Fsp3) is 0.167. The lowest BCUT2D eigenvalue weighted by molar-refractivity contribution is 0.0952. The molecule has 4 rings (SSSR count). The highest BCUT2D eigenvalue weighted by Crippen LogP contribution is 2.07. The minimum Gasteiger partial charge on any atom is -0.351 e. The number of carbonyl (C=O) groups is 1. The van der Waals surface area contributed by atoms with Gasteiger partial charge < -0.3 is 5.32 Å². The van der Waals surface area contributed by atoms with E-state index in [1.165, 1.54) is 6.20 Å². The number of aromatic amines is 1. The van der Waals surface area contributed by atoms with Crippen LogP contribution in [0.25, 0.3) is 11.5 Å². The highest BCUT2D eigenvalue weighted by Gasteiger charge is 2.14. The van der Waals surface area contributed by atoms with E-state index in [9.17, 15) is 9.59 Å². The van der Waals surface area contributed by atoms with Gasteiger partial charge >= 0.3 is 0 Å². The second-order valence-corrected chi connectivity index (χ2v) is 6.06. The fourth-order valence-electron chi connectivity index (χ4n) is 2.75. The Balaban J connectivity index is 1.41. The van der Waals surface area contributed by atoms with E-state index in [0.29, 0.717) is 18.8 Å².